The molecule has 72 valence electrons. The predicted octanol–water partition coefficient (Wildman–Crippen LogP) is 3.24. The van der Waals surface area contributed by atoms with E-state index in [1.807, 2.05) is 24.3 Å². The zero-order chi connectivity index (χ0) is 10.5. The van der Waals surface area contributed by atoms with E-state index in [0.717, 1.165) is 5.56 Å². The summed E-state index contributed by atoms with van der Waals surface area (Å²) >= 11 is 0. The highest BCUT2D eigenvalue weighted by Gasteiger charge is 1.91. The molecule has 0 saturated carbocycles. The first-order valence-electron chi connectivity index (χ1n) is 4.76. The monoisotopic (exact) mass is 194 g/mol. The second-order valence-electron chi connectivity index (χ2n) is 3.25. The summed E-state index contributed by atoms with van der Waals surface area (Å²) in [5, 5.41) is 2.43. The Bertz CT molecular complexity index is 546. The van der Waals surface area contributed by atoms with Crippen LogP contribution in [0.5, 0.6) is 0 Å². The van der Waals surface area contributed by atoms with Gasteiger partial charge in [-0.1, -0.05) is 48.6 Å². The molecule has 0 aliphatic rings. The lowest BCUT2D eigenvalue weighted by Gasteiger charge is -1.98. The molecule has 0 aliphatic heterocycles. The van der Waals surface area contributed by atoms with E-state index in [4.69, 9.17) is 0 Å². The van der Waals surface area contributed by atoms with E-state index in [-0.39, 0.29) is 0 Å². The minimum atomic E-state index is 1.08. The van der Waals surface area contributed by atoms with Crippen molar-refractivity contribution in [1.82, 2.24) is 0 Å². The number of carbonyl (C=O) groups excluding carboxylic acids is 1. The number of benzene rings is 2. The Balaban J connectivity index is 2.42. The molecule has 0 atom stereocenters. The van der Waals surface area contributed by atoms with Crippen LogP contribution in [0, 0.1) is 0 Å². The van der Waals surface area contributed by atoms with Crippen molar-refractivity contribution in [2.75, 3.05) is 0 Å². The van der Waals surface area contributed by atoms with Crippen LogP contribution in [0.1, 0.15) is 5.56 Å². The van der Waals surface area contributed by atoms with E-state index >= 15 is 0 Å². The number of hydrogen-bond donors (Lipinski definition) is 0. The molecule has 0 unspecified atom stereocenters. The van der Waals surface area contributed by atoms with Crippen molar-refractivity contribution in [3.8, 4) is 0 Å². The maximum Gasteiger partial charge on any atom is 0.124 e. The highest BCUT2D eigenvalue weighted by Crippen LogP contribution is 2.16. The second kappa shape index (κ2) is 4.41. The van der Waals surface area contributed by atoms with Gasteiger partial charge in [0.15, 0.2) is 0 Å². The molecule has 0 fully saturated rings. The van der Waals surface area contributed by atoms with E-state index < -0.39 is 0 Å². The molecule has 0 radical (unpaired) electrons. The van der Waals surface area contributed by atoms with Crippen LogP contribution in [-0.4, -0.2) is 5.94 Å². The summed E-state index contributed by atoms with van der Waals surface area (Å²) in [6.45, 7) is 0. The molecule has 2 aromatic carbocycles. The summed E-state index contributed by atoms with van der Waals surface area (Å²) in [6.07, 6.45) is 4.93. The molecule has 0 spiro atoms. The molecule has 0 amide bonds. The van der Waals surface area contributed by atoms with Gasteiger partial charge in [-0.2, -0.15) is 0 Å². The largest absolute Gasteiger partial charge is 0.234 e. The third-order valence-corrected chi connectivity index (χ3v) is 2.23. The van der Waals surface area contributed by atoms with Crippen molar-refractivity contribution < 1.29 is 4.79 Å². The fourth-order valence-corrected chi connectivity index (χ4v) is 1.51. The van der Waals surface area contributed by atoms with Crippen molar-refractivity contribution in [3.63, 3.8) is 0 Å². The molecule has 15 heavy (non-hydrogen) atoms. The average Bonchev–Trinajstić information content (AvgIpc) is 2.29. The number of rotatable bonds is 2. The topological polar surface area (TPSA) is 17.1 Å². The fourth-order valence-electron chi connectivity index (χ4n) is 1.51. The molecule has 2 aromatic rings. The molecule has 1 nitrogen and oxygen atoms in total. The normalized spacial score (nSPS) is 10.4. The van der Waals surface area contributed by atoms with Gasteiger partial charge in [-0.25, -0.2) is 4.79 Å². The summed E-state index contributed by atoms with van der Waals surface area (Å²) in [5.74, 6) is 1.71. The van der Waals surface area contributed by atoms with E-state index in [1.54, 1.807) is 12.0 Å². The van der Waals surface area contributed by atoms with Gasteiger partial charge in [0, 0.05) is 6.08 Å². The Morgan fingerprint density at radius 2 is 1.80 bits per heavy atom. The van der Waals surface area contributed by atoms with Gasteiger partial charge in [-0.3, -0.25) is 0 Å². The van der Waals surface area contributed by atoms with Gasteiger partial charge in [0.1, 0.15) is 5.94 Å². The summed E-state index contributed by atoms with van der Waals surface area (Å²) in [7, 11) is 0. The second-order valence-corrected chi connectivity index (χ2v) is 3.25. The van der Waals surface area contributed by atoms with Crippen LogP contribution in [0.4, 0.5) is 0 Å². The maximum absolute atomic E-state index is 9.98. The van der Waals surface area contributed by atoms with Crippen molar-refractivity contribution in [3.05, 3.63) is 60.2 Å². The van der Waals surface area contributed by atoms with Crippen LogP contribution in [0.15, 0.2) is 54.6 Å². The highest BCUT2D eigenvalue weighted by atomic mass is 16.1. The number of allylic oxidation sites excluding steroid dienone is 2. The smallest absolute Gasteiger partial charge is 0.124 e. The number of hydrogen-bond acceptors (Lipinski definition) is 1. The van der Waals surface area contributed by atoms with Crippen LogP contribution >= 0.6 is 0 Å². The zero-order valence-corrected chi connectivity index (χ0v) is 8.18. The highest BCUT2D eigenvalue weighted by molar-refractivity contribution is 5.84. The van der Waals surface area contributed by atoms with Crippen LogP contribution < -0.4 is 0 Å². The first kappa shape index (κ1) is 9.45. The van der Waals surface area contributed by atoms with Gasteiger partial charge in [-0.15, -0.1) is 0 Å². The van der Waals surface area contributed by atoms with E-state index in [1.165, 1.54) is 16.8 Å². The van der Waals surface area contributed by atoms with Crippen molar-refractivity contribution >= 4 is 22.8 Å². The van der Waals surface area contributed by atoms with Crippen LogP contribution in [-0.2, 0) is 4.79 Å². The Labute approximate surface area is 88.4 Å². The molecule has 0 saturated heterocycles. The van der Waals surface area contributed by atoms with E-state index in [9.17, 15) is 4.79 Å². The quantitative estimate of drug-likeness (QED) is 0.529. The van der Waals surface area contributed by atoms with Gasteiger partial charge in [-0.05, 0) is 22.4 Å². The molecule has 0 aliphatic carbocycles. The van der Waals surface area contributed by atoms with Crippen LogP contribution in [0.3, 0.4) is 0 Å². The van der Waals surface area contributed by atoms with Crippen molar-refractivity contribution in [1.29, 1.82) is 0 Å². The lowest BCUT2D eigenvalue weighted by atomic mass is 10.1. The Hall–Kier alpha value is -2.11. The summed E-state index contributed by atoms with van der Waals surface area (Å²) in [6, 6.07) is 14.4. The summed E-state index contributed by atoms with van der Waals surface area (Å²) in [4.78, 5) is 9.98. The van der Waals surface area contributed by atoms with Gasteiger partial charge in [0.25, 0.3) is 0 Å². The molecule has 0 N–H and O–H groups in total. The van der Waals surface area contributed by atoms with Crippen LogP contribution in [0.2, 0.25) is 0 Å². The Morgan fingerprint density at radius 3 is 2.60 bits per heavy atom. The first-order valence-corrected chi connectivity index (χ1v) is 4.76. The van der Waals surface area contributed by atoms with Crippen LogP contribution in [0.25, 0.3) is 16.8 Å². The van der Waals surface area contributed by atoms with Gasteiger partial charge >= 0.3 is 0 Å². The predicted molar refractivity (Wildman–Crippen MR) is 63.2 cm³/mol. The lowest BCUT2D eigenvalue weighted by Crippen LogP contribution is -1.74. The SMILES string of the molecule is O=C=C/C=C\c1ccc2ccccc2c1. The molecule has 2 rings (SSSR count). The Morgan fingerprint density at radius 1 is 1.00 bits per heavy atom. The van der Waals surface area contributed by atoms with Crippen molar-refractivity contribution in [2.45, 2.75) is 0 Å². The zero-order valence-electron chi connectivity index (χ0n) is 8.18. The van der Waals surface area contributed by atoms with Gasteiger partial charge in [0.2, 0.25) is 0 Å². The van der Waals surface area contributed by atoms with Gasteiger partial charge < -0.3 is 0 Å². The van der Waals surface area contributed by atoms with Crippen molar-refractivity contribution in [2.24, 2.45) is 0 Å². The average molecular weight is 194 g/mol. The van der Waals surface area contributed by atoms with E-state index in [2.05, 4.69) is 24.3 Å². The molecular weight excluding hydrogens is 184 g/mol. The molecule has 1 heteroatoms. The third-order valence-electron chi connectivity index (χ3n) is 2.23. The summed E-state index contributed by atoms with van der Waals surface area (Å²) < 4.78 is 0. The minimum absolute atomic E-state index is 1.08. The third kappa shape index (κ3) is 2.22. The minimum Gasteiger partial charge on any atom is -0.234 e. The van der Waals surface area contributed by atoms with E-state index in [0.29, 0.717) is 0 Å². The van der Waals surface area contributed by atoms with Gasteiger partial charge in [0.05, 0.1) is 0 Å². The Kier molecular flexibility index (Phi) is 2.77. The molecular formula is C14H10O. The maximum atomic E-state index is 9.98. The first-order chi connectivity index (χ1) is 7.40. The number of fused-ring (bicyclic) bond motifs is 1. The standard InChI is InChI=1S/C14H10O/c15-10-4-3-5-12-8-9-13-6-1-2-7-14(13)11-12/h1-9,11H/b5-3-. The molecule has 0 bridgehead atoms. The summed E-state index contributed by atoms with van der Waals surface area (Å²) in [5.41, 5.74) is 1.08. The fraction of sp³-hybridized carbons (Fsp3) is 0. The molecule has 0 aromatic heterocycles. The molecule has 0 heterocycles. The lowest BCUT2D eigenvalue weighted by molar-refractivity contribution is 0.569.